The van der Waals surface area contributed by atoms with Crippen LogP contribution < -0.4 is 5.32 Å². The Hall–Kier alpha value is -0.920. The Labute approximate surface area is 145 Å². The number of carbonyl (C=O) groups excluding carboxylic acids is 1. The van der Waals surface area contributed by atoms with Crippen LogP contribution in [0.4, 0.5) is 4.39 Å². The van der Waals surface area contributed by atoms with E-state index in [4.69, 9.17) is 0 Å². The molecule has 7 heteroatoms. The van der Waals surface area contributed by atoms with Gasteiger partial charge in [-0.2, -0.15) is 0 Å². The van der Waals surface area contributed by atoms with Crippen LogP contribution in [0.3, 0.4) is 0 Å². The smallest absolute Gasteiger partial charge is 0.230 e. The van der Waals surface area contributed by atoms with E-state index < -0.39 is 0 Å². The molecule has 2 rings (SSSR count). The van der Waals surface area contributed by atoms with Gasteiger partial charge in [0.2, 0.25) is 5.91 Å². The molecule has 0 saturated carbocycles. The molecule has 0 bridgehead atoms. The van der Waals surface area contributed by atoms with Gasteiger partial charge in [-0.1, -0.05) is 12.1 Å². The first-order valence-corrected chi connectivity index (χ1v) is 9.51. The van der Waals surface area contributed by atoms with Gasteiger partial charge in [0.1, 0.15) is 5.82 Å². The fourth-order valence-electron chi connectivity index (χ4n) is 1.81. The molecule has 1 heterocycles. The van der Waals surface area contributed by atoms with Gasteiger partial charge in [0, 0.05) is 17.2 Å². The molecule has 0 aliphatic carbocycles. The highest BCUT2D eigenvalue weighted by Crippen LogP contribution is 2.26. The standard InChI is InChI=1S/C15H16BrFN2OS2/c1-10-13(22-15(16)19-10)8-21-9-14(20)18-7-6-11-2-4-12(17)5-3-11/h2-5H,6-9H2,1H3,(H,18,20). The average molecular weight is 403 g/mol. The first-order chi connectivity index (χ1) is 10.5. The molecule has 0 spiro atoms. The fraction of sp³-hybridized carbons (Fsp3) is 0.333. The number of aryl methyl sites for hydroxylation is 1. The lowest BCUT2D eigenvalue weighted by Crippen LogP contribution is -2.27. The first-order valence-electron chi connectivity index (χ1n) is 6.75. The van der Waals surface area contributed by atoms with E-state index >= 15 is 0 Å². The van der Waals surface area contributed by atoms with Gasteiger partial charge in [0.25, 0.3) is 0 Å². The van der Waals surface area contributed by atoms with Crippen LogP contribution in [0.25, 0.3) is 0 Å². The fourth-order valence-corrected chi connectivity index (χ4v) is 4.51. The zero-order valence-corrected chi connectivity index (χ0v) is 15.3. The zero-order chi connectivity index (χ0) is 15.9. The predicted molar refractivity (Wildman–Crippen MR) is 93.8 cm³/mol. The number of hydrogen-bond donors (Lipinski definition) is 1. The Morgan fingerprint density at radius 2 is 2.14 bits per heavy atom. The zero-order valence-electron chi connectivity index (χ0n) is 12.1. The number of carbonyl (C=O) groups is 1. The van der Waals surface area contributed by atoms with Crippen LogP contribution in [0, 0.1) is 12.7 Å². The van der Waals surface area contributed by atoms with E-state index in [1.54, 1.807) is 35.2 Å². The number of hydrogen-bond acceptors (Lipinski definition) is 4. The minimum atomic E-state index is -0.241. The molecule has 22 heavy (non-hydrogen) atoms. The normalized spacial score (nSPS) is 10.7. The summed E-state index contributed by atoms with van der Waals surface area (Å²) in [4.78, 5) is 17.2. The van der Waals surface area contributed by atoms with Crippen molar-refractivity contribution >= 4 is 44.9 Å². The Kier molecular flexibility index (Phi) is 6.85. The average Bonchev–Trinajstić information content (AvgIpc) is 2.79. The number of benzene rings is 1. The number of amides is 1. The van der Waals surface area contributed by atoms with Crippen LogP contribution in [0.2, 0.25) is 0 Å². The summed E-state index contributed by atoms with van der Waals surface area (Å²) in [7, 11) is 0. The van der Waals surface area contributed by atoms with Crippen molar-refractivity contribution in [3.63, 3.8) is 0 Å². The summed E-state index contributed by atoms with van der Waals surface area (Å²) in [5, 5.41) is 2.88. The summed E-state index contributed by atoms with van der Waals surface area (Å²) in [6.45, 7) is 2.54. The van der Waals surface area contributed by atoms with E-state index in [-0.39, 0.29) is 11.7 Å². The molecular weight excluding hydrogens is 387 g/mol. The molecule has 1 aromatic carbocycles. The lowest BCUT2D eigenvalue weighted by molar-refractivity contribution is -0.118. The largest absolute Gasteiger partial charge is 0.355 e. The van der Waals surface area contributed by atoms with Crippen molar-refractivity contribution in [3.05, 3.63) is 50.1 Å². The molecule has 0 aliphatic rings. The summed E-state index contributed by atoms with van der Waals surface area (Å²) in [6.07, 6.45) is 0.706. The predicted octanol–water partition coefficient (Wildman–Crippen LogP) is 3.95. The second-order valence-electron chi connectivity index (χ2n) is 4.69. The van der Waals surface area contributed by atoms with Gasteiger partial charge >= 0.3 is 0 Å². The van der Waals surface area contributed by atoms with Crippen molar-refractivity contribution in [2.45, 2.75) is 19.1 Å². The molecule has 3 nitrogen and oxygen atoms in total. The van der Waals surface area contributed by atoms with E-state index in [0.29, 0.717) is 18.7 Å². The first kappa shape index (κ1) is 17.4. The highest BCUT2D eigenvalue weighted by Gasteiger charge is 2.07. The lowest BCUT2D eigenvalue weighted by Gasteiger charge is -2.05. The lowest BCUT2D eigenvalue weighted by atomic mass is 10.1. The Bertz CT molecular complexity index is 631. The number of rotatable bonds is 7. The van der Waals surface area contributed by atoms with Gasteiger partial charge in [-0.3, -0.25) is 4.79 Å². The number of nitrogens with zero attached hydrogens (tertiary/aromatic N) is 1. The van der Waals surface area contributed by atoms with Crippen molar-refractivity contribution in [1.29, 1.82) is 0 Å². The molecule has 0 unspecified atom stereocenters. The third-order valence-corrected chi connectivity index (χ3v) is 5.73. The highest BCUT2D eigenvalue weighted by atomic mass is 79.9. The van der Waals surface area contributed by atoms with Crippen LogP contribution >= 0.6 is 39.0 Å². The van der Waals surface area contributed by atoms with Gasteiger partial charge in [-0.25, -0.2) is 9.37 Å². The third-order valence-electron chi connectivity index (χ3n) is 2.98. The Morgan fingerprint density at radius 1 is 1.41 bits per heavy atom. The third kappa shape index (κ3) is 5.70. The molecule has 0 saturated heterocycles. The summed E-state index contributed by atoms with van der Waals surface area (Å²) >= 11 is 6.54. The van der Waals surface area contributed by atoms with Crippen LogP contribution in [0.15, 0.2) is 28.2 Å². The molecule has 1 amide bonds. The van der Waals surface area contributed by atoms with Crippen molar-refractivity contribution in [1.82, 2.24) is 10.3 Å². The SMILES string of the molecule is Cc1nc(Br)sc1CSCC(=O)NCCc1ccc(F)cc1. The number of thioether (sulfide) groups is 1. The van der Waals surface area contributed by atoms with E-state index in [9.17, 15) is 9.18 Å². The molecule has 2 aromatic rings. The van der Waals surface area contributed by atoms with Crippen molar-refractivity contribution in [3.8, 4) is 0 Å². The van der Waals surface area contributed by atoms with Gasteiger partial charge in [0.15, 0.2) is 3.92 Å². The van der Waals surface area contributed by atoms with Gasteiger partial charge < -0.3 is 5.32 Å². The van der Waals surface area contributed by atoms with Gasteiger partial charge in [-0.05, 0) is 47.0 Å². The number of thiazole rings is 1. The molecular formula is C15H16BrFN2OS2. The van der Waals surface area contributed by atoms with Crippen LogP contribution in [-0.4, -0.2) is 23.2 Å². The van der Waals surface area contributed by atoms with Crippen molar-refractivity contribution in [2.75, 3.05) is 12.3 Å². The molecule has 0 fully saturated rings. The molecule has 118 valence electrons. The molecule has 0 radical (unpaired) electrons. The molecule has 0 aliphatic heterocycles. The number of nitrogens with one attached hydrogen (secondary N) is 1. The maximum absolute atomic E-state index is 12.8. The summed E-state index contributed by atoms with van der Waals surface area (Å²) in [6, 6.07) is 6.34. The topological polar surface area (TPSA) is 42.0 Å². The van der Waals surface area contributed by atoms with E-state index in [0.717, 1.165) is 20.9 Å². The van der Waals surface area contributed by atoms with Crippen molar-refractivity contribution in [2.24, 2.45) is 0 Å². The van der Waals surface area contributed by atoms with Gasteiger partial charge in [0.05, 0.1) is 11.4 Å². The minimum Gasteiger partial charge on any atom is -0.355 e. The number of aromatic nitrogens is 1. The Morgan fingerprint density at radius 3 is 2.77 bits per heavy atom. The van der Waals surface area contributed by atoms with Gasteiger partial charge in [-0.15, -0.1) is 23.1 Å². The summed E-state index contributed by atoms with van der Waals surface area (Å²) < 4.78 is 13.6. The quantitative estimate of drug-likeness (QED) is 0.762. The molecule has 1 aromatic heterocycles. The highest BCUT2D eigenvalue weighted by molar-refractivity contribution is 9.11. The second-order valence-corrected chi connectivity index (χ2v) is 8.04. The molecule has 1 N–H and O–H groups in total. The van der Waals surface area contributed by atoms with Crippen molar-refractivity contribution < 1.29 is 9.18 Å². The second kappa shape index (κ2) is 8.64. The maximum atomic E-state index is 12.8. The summed E-state index contributed by atoms with van der Waals surface area (Å²) in [5.41, 5.74) is 2.03. The molecule has 0 atom stereocenters. The van der Waals surface area contributed by atoms with E-state index in [1.165, 1.54) is 17.0 Å². The Balaban J connectivity index is 1.63. The summed E-state index contributed by atoms with van der Waals surface area (Å²) in [5.74, 6) is 1.00. The van der Waals surface area contributed by atoms with Crippen LogP contribution in [-0.2, 0) is 17.0 Å². The maximum Gasteiger partial charge on any atom is 0.230 e. The number of halogens is 2. The monoisotopic (exact) mass is 402 g/mol. The van der Waals surface area contributed by atoms with E-state index in [1.807, 2.05) is 6.92 Å². The minimum absolute atomic E-state index is 0.0216. The van der Waals surface area contributed by atoms with Crippen LogP contribution in [0.5, 0.6) is 0 Å². The van der Waals surface area contributed by atoms with Crippen LogP contribution in [0.1, 0.15) is 16.1 Å². The van der Waals surface area contributed by atoms with E-state index in [2.05, 4.69) is 26.2 Å².